The van der Waals surface area contributed by atoms with Crippen LogP contribution < -0.4 is 4.90 Å². The lowest BCUT2D eigenvalue weighted by Gasteiger charge is -2.19. The minimum atomic E-state index is 0.359. The highest BCUT2D eigenvalue weighted by molar-refractivity contribution is 7.17. The van der Waals surface area contributed by atoms with Crippen LogP contribution in [0.1, 0.15) is 27.9 Å². The van der Waals surface area contributed by atoms with Gasteiger partial charge in [0.15, 0.2) is 11.4 Å². The maximum Gasteiger partial charge on any atom is 0.186 e. The van der Waals surface area contributed by atoms with E-state index in [2.05, 4.69) is 21.8 Å². The van der Waals surface area contributed by atoms with E-state index in [1.165, 1.54) is 11.3 Å². The third-order valence-electron chi connectivity index (χ3n) is 2.88. The third kappa shape index (κ3) is 3.40. The van der Waals surface area contributed by atoms with Crippen molar-refractivity contribution in [3.8, 4) is 0 Å². The fourth-order valence-corrected chi connectivity index (χ4v) is 2.79. The summed E-state index contributed by atoms with van der Waals surface area (Å²) in [5, 5.41) is 0.846. The van der Waals surface area contributed by atoms with Crippen molar-refractivity contribution >= 4 is 22.8 Å². The molecule has 6 heteroatoms. The summed E-state index contributed by atoms with van der Waals surface area (Å²) >= 11 is 1.40. The Morgan fingerprint density at radius 2 is 2.15 bits per heavy atom. The van der Waals surface area contributed by atoms with Gasteiger partial charge >= 0.3 is 0 Å². The Morgan fingerprint density at radius 3 is 2.75 bits per heavy atom. The van der Waals surface area contributed by atoms with E-state index in [1.807, 2.05) is 12.1 Å². The van der Waals surface area contributed by atoms with Crippen molar-refractivity contribution in [2.45, 2.75) is 20.1 Å². The van der Waals surface area contributed by atoms with Crippen molar-refractivity contribution in [3.63, 3.8) is 0 Å². The molecular formula is C14H17N3O2S. The Hall–Kier alpha value is -1.79. The minimum Gasteiger partial charge on any atom is -0.378 e. The predicted molar refractivity (Wildman–Crippen MR) is 79.2 cm³/mol. The first-order valence-electron chi connectivity index (χ1n) is 6.36. The summed E-state index contributed by atoms with van der Waals surface area (Å²) in [6, 6.07) is 3.96. The van der Waals surface area contributed by atoms with E-state index in [1.54, 1.807) is 19.5 Å². The zero-order valence-corrected chi connectivity index (χ0v) is 12.4. The normalized spacial score (nSPS) is 10.5. The van der Waals surface area contributed by atoms with Gasteiger partial charge in [0, 0.05) is 32.6 Å². The molecule has 0 radical (unpaired) electrons. The monoisotopic (exact) mass is 291 g/mol. The van der Waals surface area contributed by atoms with Gasteiger partial charge in [0.05, 0.1) is 17.2 Å². The fourth-order valence-electron chi connectivity index (χ4n) is 1.84. The molecule has 0 bridgehead atoms. The summed E-state index contributed by atoms with van der Waals surface area (Å²) in [6.07, 6.45) is 4.40. The lowest BCUT2D eigenvalue weighted by atomic mass is 10.2. The molecule has 0 atom stereocenters. The number of hydrogen-bond acceptors (Lipinski definition) is 6. The second-order valence-electron chi connectivity index (χ2n) is 4.23. The lowest BCUT2D eigenvalue weighted by Crippen LogP contribution is -2.21. The number of carbonyl (C=O) groups excluding carboxylic acids is 1. The van der Waals surface area contributed by atoms with Gasteiger partial charge in [0.25, 0.3) is 0 Å². The highest BCUT2D eigenvalue weighted by Crippen LogP contribution is 2.26. The number of aromatic nitrogens is 2. The van der Waals surface area contributed by atoms with Crippen LogP contribution in [0.5, 0.6) is 0 Å². The van der Waals surface area contributed by atoms with Crippen LogP contribution in [0.25, 0.3) is 0 Å². The first-order chi connectivity index (χ1) is 9.78. The molecule has 2 aromatic rings. The number of rotatable bonds is 7. The number of anilines is 1. The number of aldehydes is 1. The first-order valence-corrected chi connectivity index (χ1v) is 7.17. The molecule has 0 unspecified atom stereocenters. The molecule has 0 amide bonds. The van der Waals surface area contributed by atoms with E-state index in [4.69, 9.17) is 4.74 Å². The number of pyridine rings is 1. The third-order valence-corrected chi connectivity index (χ3v) is 3.96. The molecule has 5 nitrogen and oxygen atoms in total. The molecule has 0 aliphatic rings. The molecule has 106 valence electrons. The molecule has 0 aliphatic carbocycles. The van der Waals surface area contributed by atoms with E-state index in [0.29, 0.717) is 17.2 Å². The highest BCUT2D eigenvalue weighted by atomic mass is 32.1. The van der Waals surface area contributed by atoms with E-state index >= 15 is 0 Å². The van der Waals surface area contributed by atoms with Gasteiger partial charge in [-0.25, -0.2) is 4.98 Å². The van der Waals surface area contributed by atoms with Crippen LogP contribution in [0.15, 0.2) is 24.5 Å². The average molecular weight is 291 g/mol. The molecule has 0 saturated heterocycles. The summed E-state index contributed by atoms with van der Waals surface area (Å²) < 4.78 is 5.07. The van der Waals surface area contributed by atoms with Gasteiger partial charge < -0.3 is 9.64 Å². The van der Waals surface area contributed by atoms with Gasteiger partial charge in [0.2, 0.25) is 0 Å². The zero-order valence-electron chi connectivity index (χ0n) is 11.6. The minimum absolute atomic E-state index is 0.359. The van der Waals surface area contributed by atoms with Gasteiger partial charge in [-0.1, -0.05) is 11.3 Å². The molecule has 2 rings (SSSR count). The zero-order chi connectivity index (χ0) is 14.4. The van der Waals surface area contributed by atoms with Crippen LogP contribution in [0.4, 0.5) is 5.13 Å². The van der Waals surface area contributed by atoms with Crippen LogP contribution in [0, 0.1) is 0 Å². The summed E-state index contributed by atoms with van der Waals surface area (Å²) in [7, 11) is 1.60. The average Bonchev–Trinajstić information content (AvgIpc) is 2.89. The fraction of sp³-hybridized carbons (Fsp3) is 0.357. The molecule has 0 saturated carbocycles. The predicted octanol–water partition coefficient (Wildman–Crippen LogP) is 2.52. The Morgan fingerprint density at radius 1 is 1.40 bits per heavy atom. The Bertz CT molecular complexity index is 557. The highest BCUT2D eigenvalue weighted by Gasteiger charge is 2.15. The van der Waals surface area contributed by atoms with E-state index in [0.717, 1.165) is 30.1 Å². The number of ether oxygens (including phenoxy) is 1. The van der Waals surface area contributed by atoms with Crippen LogP contribution in [-0.4, -0.2) is 29.9 Å². The number of thiazole rings is 1. The Balaban J connectivity index is 2.21. The van der Waals surface area contributed by atoms with Crippen LogP contribution in [0.2, 0.25) is 0 Å². The van der Waals surface area contributed by atoms with E-state index < -0.39 is 0 Å². The molecule has 0 N–H and O–H groups in total. The smallest absolute Gasteiger partial charge is 0.186 e. The molecule has 0 aromatic carbocycles. The second-order valence-corrected chi connectivity index (χ2v) is 5.24. The lowest BCUT2D eigenvalue weighted by molar-refractivity contribution is 0.112. The standard InChI is InChI=1S/C14H17N3O2S/c1-3-17(8-11-4-6-15-7-5-11)14-16-12(10-19-2)13(9-18)20-14/h4-7,9H,3,8,10H2,1-2H3. The summed E-state index contributed by atoms with van der Waals surface area (Å²) in [6.45, 7) is 3.99. The number of nitrogens with zero attached hydrogens (tertiary/aromatic N) is 3. The van der Waals surface area contributed by atoms with Crippen LogP contribution in [-0.2, 0) is 17.9 Å². The largest absolute Gasteiger partial charge is 0.378 e. The van der Waals surface area contributed by atoms with Gasteiger partial charge in [-0.05, 0) is 24.6 Å². The number of hydrogen-bond donors (Lipinski definition) is 0. The van der Waals surface area contributed by atoms with Crippen molar-refractivity contribution < 1.29 is 9.53 Å². The molecule has 0 spiro atoms. The van der Waals surface area contributed by atoms with E-state index in [9.17, 15) is 4.79 Å². The van der Waals surface area contributed by atoms with Crippen molar-refractivity contribution in [1.29, 1.82) is 0 Å². The van der Waals surface area contributed by atoms with Crippen molar-refractivity contribution in [1.82, 2.24) is 9.97 Å². The number of carbonyl (C=O) groups is 1. The van der Waals surface area contributed by atoms with Crippen molar-refractivity contribution in [3.05, 3.63) is 40.7 Å². The van der Waals surface area contributed by atoms with Crippen LogP contribution in [0.3, 0.4) is 0 Å². The van der Waals surface area contributed by atoms with Crippen molar-refractivity contribution in [2.75, 3.05) is 18.6 Å². The Labute approximate surface area is 122 Å². The van der Waals surface area contributed by atoms with Crippen LogP contribution >= 0.6 is 11.3 Å². The summed E-state index contributed by atoms with van der Waals surface area (Å²) in [4.78, 5) is 22.4. The topological polar surface area (TPSA) is 55.3 Å². The second kappa shape index (κ2) is 7.12. The number of methoxy groups -OCH3 is 1. The Kier molecular flexibility index (Phi) is 5.20. The SMILES string of the molecule is CCN(Cc1ccncc1)c1nc(COC)c(C=O)s1. The molecule has 2 heterocycles. The molecular weight excluding hydrogens is 274 g/mol. The van der Waals surface area contributed by atoms with Gasteiger partial charge in [-0.2, -0.15) is 0 Å². The van der Waals surface area contributed by atoms with Gasteiger partial charge in [-0.15, -0.1) is 0 Å². The quantitative estimate of drug-likeness (QED) is 0.734. The molecule has 0 fully saturated rings. The van der Waals surface area contributed by atoms with E-state index in [-0.39, 0.29) is 0 Å². The summed E-state index contributed by atoms with van der Waals surface area (Å²) in [5.74, 6) is 0. The van der Waals surface area contributed by atoms with Gasteiger partial charge in [-0.3, -0.25) is 9.78 Å². The maximum atomic E-state index is 11.1. The van der Waals surface area contributed by atoms with Gasteiger partial charge in [0.1, 0.15) is 0 Å². The van der Waals surface area contributed by atoms with Crippen molar-refractivity contribution in [2.24, 2.45) is 0 Å². The molecule has 0 aliphatic heterocycles. The molecule has 2 aromatic heterocycles. The molecule has 20 heavy (non-hydrogen) atoms. The summed E-state index contributed by atoms with van der Waals surface area (Å²) in [5.41, 5.74) is 1.87. The first kappa shape index (κ1) is 14.6. The maximum absolute atomic E-state index is 11.1.